The minimum Gasteiger partial charge on any atom is -0.435 e. The van der Waals surface area contributed by atoms with E-state index in [0.29, 0.717) is 0 Å². The van der Waals surface area contributed by atoms with Gasteiger partial charge in [-0.25, -0.2) is 0 Å². The van der Waals surface area contributed by atoms with Gasteiger partial charge in [0.05, 0.1) is 0 Å². The molecule has 0 saturated heterocycles. The number of hydrogen-bond donors (Lipinski definition) is 1. The zero-order chi connectivity index (χ0) is 15.1. The molecule has 1 aromatic heterocycles. The summed E-state index contributed by atoms with van der Waals surface area (Å²) >= 11 is 1.70. The first-order valence-corrected chi connectivity index (χ1v) is 7.92. The second-order valence-electron chi connectivity index (χ2n) is 4.73. The average Bonchev–Trinajstić information content (AvgIpc) is 2.97. The summed E-state index contributed by atoms with van der Waals surface area (Å²) in [7, 11) is 0. The second-order valence-corrected chi connectivity index (χ2v) is 5.51. The first-order chi connectivity index (χ1) is 10.2. The topological polar surface area (TPSA) is 21.3 Å². The van der Waals surface area contributed by atoms with E-state index in [0.717, 1.165) is 24.9 Å². The van der Waals surface area contributed by atoms with Crippen molar-refractivity contribution in [3.63, 3.8) is 0 Å². The lowest BCUT2D eigenvalue weighted by atomic mass is 10.00. The summed E-state index contributed by atoms with van der Waals surface area (Å²) in [6.45, 7) is 0.147. The van der Waals surface area contributed by atoms with Gasteiger partial charge in [0, 0.05) is 6.04 Å². The Labute approximate surface area is 127 Å². The maximum Gasteiger partial charge on any atom is 0.387 e. The molecule has 0 bridgehead atoms. The average molecular weight is 311 g/mol. The van der Waals surface area contributed by atoms with E-state index < -0.39 is 6.61 Å². The van der Waals surface area contributed by atoms with Gasteiger partial charge in [0.2, 0.25) is 0 Å². The fourth-order valence-electron chi connectivity index (χ4n) is 2.26. The van der Waals surface area contributed by atoms with Crippen molar-refractivity contribution in [2.24, 2.45) is 0 Å². The van der Waals surface area contributed by atoms with Crippen molar-refractivity contribution in [2.45, 2.75) is 32.4 Å². The van der Waals surface area contributed by atoms with Crippen molar-refractivity contribution in [2.75, 3.05) is 6.54 Å². The molecule has 0 spiro atoms. The van der Waals surface area contributed by atoms with Crippen LogP contribution in [0.4, 0.5) is 8.78 Å². The van der Waals surface area contributed by atoms with E-state index in [4.69, 9.17) is 0 Å². The van der Waals surface area contributed by atoms with Crippen molar-refractivity contribution in [1.29, 1.82) is 0 Å². The van der Waals surface area contributed by atoms with Gasteiger partial charge in [-0.2, -0.15) is 20.1 Å². The fraction of sp³-hybridized carbons (Fsp3) is 0.375. The van der Waals surface area contributed by atoms with Gasteiger partial charge in [0.25, 0.3) is 0 Å². The summed E-state index contributed by atoms with van der Waals surface area (Å²) in [6, 6.07) is 9.23. The molecule has 21 heavy (non-hydrogen) atoms. The van der Waals surface area contributed by atoms with Crippen LogP contribution >= 0.6 is 11.3 Å². The molecule has 1 aromatic carbocycles. The molecule has 0 radical (unpaired) electrons. The van der Waals surface area contributed by atoms with Gasteiger partial charge in [0.15, 0.2) is 0 Å². The second kappa shape index (κ2) is 8.10. The molecular weight excluding hydrogens is 292 g/mol. The number of halogens is 2. The van der Waals surface area contributed by atoms with Crippen molar-refractivity contribution < 1.29 is 13.5 Å². The quantitative estimate of drug-likeness (QED) is 0.767. The lowest BCUT2D eigenvalue weighted by Crippen LogP contribution is -2.21. The minimum atomic E-state index is -2.78. The largest absolute Gasteiger partial charge is 0.435 e. The number of thiophene rings is 1. The predicted molar refractivity (Wildman–Crippen MR) is 82.1 cm³/mol. The third-order valence-corrected chi connectivity index (χ3v) is 3.99. The van der Waals surface area contributed by atoms with Crippen molar-refractivity contribution in [3.05, 3.63) is 52.2 Å². The van der Waals surface area contributed by atoms with Gasteiger partial charge in [-0.05, 0) is 59.5 Å². The standard InChI is InChI=1S/C16H19F2NOS/c1-2-19-15(8-3-12-9-10-21-11-12)13-4-6-14(7-5-13)20-16(17)18/h4-7,9-11,15-16,19H,2-3,8H2,1H3. The van der Waals surface area contributed by atoms with E-state index in [2.05, 4.69) is 33.8 Å². The Balaban J connectivity index is 1.99. The van der Waals surface area contributed by atoms with Crippen LogP contribution in [0, 0.1) is 0 Å². The Morgan fingerprint density at radius 3 is 2.52 bits per heavy atom. The molecule has 0 fully saturated rings. The van der Waals surface area contributed by atoms with Crippen LogP contribution < -0.4 is 10.1 Å². The highest BCUT2D eigenvalue weighted by Crippen LogP contribution is 2.23. The van der Waals surface area contributed by atoms with Crippen LogP contribution in [0.25, 0.3) is 0 Å². The number of benzene rings is 1. The number of ether oxygens (including phenoxy) is 1. The van der Waals surface area contributed by atoms with Crippen molar-refractivity contribution in [1.82, 2.24) is 5.32 Å². The lowest BCUT2D eigenvalue weighted by molar-refractivity contribution is -0.0498. The zero-order valence-electron chi connectivity index (χ0n) is 11.9. The molecule has 5 heteroatoms. The summed E-state index contributed by atoms with van der Waals surface area (Å²) < 4.78 is 28.7. The molecular formula is C16H19F2NOS. The molecule has 2 rings (SSSR count). The van der Waals surface area contributed by atoms with Crippen molar-refractivity contribution in [3.8, 4) is 5.75 Å². The van der Waals surface area contributed by atoms with Crippen LogP contribution in [-0.2, 0) is 6.42 Å². The van der Waals surface area contributed by atoms with Gasteiger partial charge in [0.1, 0.15) is 5.75 Å². The zero-order valence-corrected chi connectivity index (χ0v) is 12.7. The summed E-state index contributed by atoms with van der Waals surface area (Å²) in [5.74, 6) is 0.196. The molecule has 114 valence electrons. The molecule has 0 amide bonds. The lowest BCUT2D eigenvalue weighted by Gasteiger charge is -2.18. The molecule has 0 aliphatic rings. The minimum absolute atomic E-state index is 0.196. The molecule has 1 heterocycles. The maximum atomic E-state index is 12.1. The first kappa shape index (κ1) is 15.9. The van der Waals surface area contributed by atoms with Crippen LogP contribution in [0.3, 0.4) is 0 Å². The van der Waals surface area contributed by atoms with E-state index in [1.54, 1.807) is 23.5 Å². The first-order valence-electron chi connectivity index (χ1n) is 6.98. The normalized spacial score (nSPS) is 12.6. The monoisotopic (exact) mass is 311 g/mol. The van der Waals surface area contributed by atoms with E-state index in [-0.39, 0.29) is 11.8 Å². The highest BCUT2D eigenvalue weighted by atomic mass is 32.1. The highest BCUT2D eigenvalue weighted by molar-refractivity contribution is 7.07. The van der Waals surface area contributed by atoms with Gasteiger partial charge in [-0.1, -0.05) is 19.1 Å². The smallest absolute Gasteiger partial charge is 0.387 e. The Bertz CT molecular complexity index is 514. The summed E-state index contributed by atoms with van der Waals surface area (Å²) in [4.78, 5) is 0. The molecule has 1 atom stereocenters. The van der Waals surface area contributed by atoms with Crippen LogP contribution in [0.5, 0.6) is 5.75 Å². The van der Waals surface area contributed by atoms with Gasteiger partial charge < -0.3 is 10.1 Å². The third-order valence-electron chi connectivity index (χ3n) is 3.26. The van der Waals surface area contributed by atoms with Crippen molar-refractivity contribution >= 4 is 11.3 Å². The third kappa shape index (κ3) is 5.10. The Morgan fingerprint density at radius 1 is 1.19 bits per heavy atom. The van der Waals surface area contributed by atoms with Gasteiger partial charge >= 0.3 is 6.61 Å². The molecule has 0 saturated carbocycles. The molecule has 1 N–H and O–H groups in total. The Kier molecular flexibility index (Phi) is 6.14. The number of nitrogens with one attached hydrogen (secondary N) is 1. The molecule has 0 aliphatic carbocycles. The molecule has 2 nitrogen and oxygen atoms in total. The maximum absolute atomic E-state index is 12.1. The summed E-state index contributed by atoms with van der Waals surface area (Å²) in [5.41, 5.74) is 2.43. The number of rotatable bonds is 8. The molecule has 1 unspecified atom stereocenters. The summed E-state index contributed by atoms with van der Waals surface area (Å²) in [5, 5.41) is 7.67. The predicted octanol–water partition coefficient (Wildman–Crippen LogP) is 4.63. The highest BCUT2D eigenvalue weighted by Gasteiger charge is 2.11. The van der Waals surface area contributed by atoms with Crippen LogP contribution in [0.1, 0.15) is 30.5 Å². The van der Waals surface area contributed by atoms with E-state index >= 15 is 0 Å². The van der Waals surface area contributed by atoms with E-state index in [9.17, 15) is 8.78 Å². The fourth-order valence-corrected chi connectivity index (χ4v) is 2.96. The Morgan fingerprint density at radius 2 is 1.95 bits per heavy atom. The summed E-state index contributed by atoms with van der Waals surface area (Å²) in [6.07, 6.45) is 1.97. The van der Waals surface area contributed by atoms with Crippen LogP contribution in [0.2, 0.25) is 0 Å². The van der Waals surface area contributed by atoms with Crippen LogP contribution in [-0.4, -0.2) is 13.2 Å². The Hall–Kier alpha value is -1.46. The molecule has 2 aromatic rings. The van der Waals surface area contributed by atoms with Gasteiger partial charge in [-0.3, -0.25) is 0 Å². The number of hydrogen-bond acceptors (Lipinski definition) is 3. The SMILES string of the molecule is CCNC(CCc1ccsc1)c1ccc(OC(F)F)cc1. The number of alkyl halides is 2. The number of aryl methyl sites for hydroxylation is 1. The molecule has 0 aliphatic heterocycles. The van der Waals surface area contributed by atoms with E-state index in [1.807, 2.05) is 12.1 Å². The van der Waals surface area contributed by atoms with Crippen LogP contribution in [0.15, 0.2) is 41.1 Å². The van der Waals surface area contributed by atoms with Gasteiger partial charge in [-0.15, -0.1) is 0 Å². The van der Waals surface area contributed by atoms with E-state index in [1.165, 1.54) is 5.56 Å².